The predicted molar refractivity (Wildman–Crippen MR) is 71.5 cm³/mol. The van der Waals surface area contributed by atoms with Crippen molar-refractivity contribution >= 4 is 12.0 Å². The van der Waals surface area contributed by atoms with E-state index in [0.29, 0.717) is 0 Å². The van der Waals surface area contributed by atoms with Crippen LogP contribution < -0.4 is 5.32 Å². The van der Waals surface area contributed by atoms with Gasteiger partial charge in [-0.05, 0) is 34.6 Å². The Labute approximate surface area is 114 Å². The Kier molecular flexibility index (Phi) is 5.36. The first-order valence-electron chi connectivity index (χ1n) is 6.12. The number of rotatable bonds is 5. The van der Waals surface area contributed by atoms with E-state index in [0.717, 1.165) is 0 Å². The van der Waals surface area contributed by atoms with E-state index in [1.54, 1.807) is 41.7 Å². The average Bonchev–Trinajstić information content (AvgIpc) is 2.27. The maximum atomic E-state index is 12.1. The number of urea groups is 1. The lowest BCUT2D eigenvalue weighted by atomic mass is 9.74. The molecular formula is C13H23N3O3. The summed E-state index contributed by atoms with van der Waals surface area (Å²) in [5, 5.41) is 20.5. The lowest BCUT2D eigenvalue weighted by molar-refractivity contribution is -0.150. The number of hydrogen-bond donors (Lipinski definition) is 2. The quantitative estimate of drug-likeness (QED) is 0.796. The second-order valence-corrected chi connectivity index (χ2v) is 5.81. The molecule has 1 atom stereocenters. The molecule has 0 bridgehead atoms. The van der Waals surface area contributed by atoms with Crippen molar-refractivity contribution in [2.45, 2.75) is 52.6 Å². The second kappa shape index (κ2) is 5.91. The van der Waals surface area contributed by atoms with Gasteiger partial charge in [-0.25, -0.2) is 4.79 Å². The van der Waals surface area contributed by atoms with Crippen LogP contribution in [0.5, 0.6) is 0 Å². The van der Waals surface area contributed by atoms with Crippen molar-refractivity contribution in [2.24, 2.45) is 5.41 Å². The number of nitrogens with one attached hydrogen (secondary N) is 1. The third kappa shape index (κ3) is 3.85. The molecule has 0 saturated carbocycles. The zero-order valence-corrected chi connectivity index (χ0v) is 12.4. The Morgan fingerprint density at radius 1 is 1.37 bits per heavy atom. The van der Waals surface area contributed by atoms with Crippen LogP contribution in [0, 0.1) is 16.7 Å². The summed E-state index contributed by atoms with van der Waals surface area (Å²) in [4.78, 5) is 24.7. The van der Waals surface area contributed by atoms with E-state index in [1.165, 1.54) is 4.90 Å². The van der Waals surface area contributed by atoms with Gasteiger partial charge in [-0.1, -0.05) is 0 Å². The van der Waals surface area contributed by atoms with Gasteiger partial charge in [0, 0.05) is 13.1 Å². The van der Waals surface area contributed by atoms with Crippen LogP contribution in [0.4, 0.5) is 4.79 Å². The summed E-state index contributed by atoms with van der Waals surface area (Å²) in [7, 11) is 1.58. The number of carboxylic acids is 1. The van der Waals surface area contributed by atoms with Crippen LogP contribution in [0.25, 0.3) is 0 Å². The zero-order valence-electron chi connectivity index (χ0n) is 12.4. The highest BCUT2D eigenvalue weighted by Crippen LogP contribution is 2.30. The van der Waals surface area contributed by atoms with Crippen molar-refractivity contribution in [1.29, 1.82) is 5.26 Å². The van der Waals surface area contributed by atoms with Gasteiger partial charge in [-0.3, -0.25) is 4.79 Å². The highest BCUT2D eigenvalue weighted by Gasteiger charge is 2.45. The van der Waals surface area contributed by atoms with Crippen LogP contribution in [-0.4, -0.2) is 40.6 Å². The lowest BCUT2D eigenvalue weighted by Crippen LogP contribution is -2.59. The van der Waals surface area contributed by atoms with E-state index in [4.69, 9.17) is 5.26 Å². The van der Waals surface area contributed by atoms with Gasteiger partial charge in [0.2, 0.25) is 0 Å². The molecule has 0 aliphatic rings. The van der Waals surface area contributed by atoms with Crippen molar-refractivity contribution in [3.05, 3.63) is 0 Å². The molecule has 0 spiro atoms. The van der Waals surface area contributed by atoms with Crippen LogP contribution in [-0.2, 0) is 4.79 Å². The largest absolute Gasteiger partial charge is 0.481 e. The van der Waals surface area contributed by atoms with Crippen molar-refractivity contribution in [3.63, 3.8) is 0 Å². The Hall–Kier alpha value is -1.77. The molecule has 0 aromatic rings. The number of amides is 2. The summed E-state index contributed by atoms with van der Waals surface area (Å²) < 4.78 is 0. The molecule has 6 heteroatoms. The fraction of sp³-hybridized carbons (Fsp3) is 0.769. The Morgan fingerprint density at radius 2 is 1.84 bits per heavy atom. The summed E-state index contributed by atoms with van der Waals surface area (Å²) in [6.07, 6.45) is 0.229. The van der Waals surface area contributed by atoms with Crippen molar-refractivity contribution in [2.75, 3.05) is 7.05 Å². The summed E-state index contributed by atoms with van der Waals surface area (Å²) in [5.41, 5.74) is -2.03. The first-order valence-corrected chi connectivity index (χ1v) is 6.12. The topological polar surface area (TPSA) is 93.4 Å². The first kappa shape index (κ1) is 17.2. The molecule has 0 aromatic carbocycles. The third-order valence-electron chi connectivity index (χ3n) is 3.88. The van der Waals surface area contributed by atoms with Crippen molar-refractivity contribution < 1.29 is 14.7 Å². The molecule has 1 unspecified atom stereocenters. The molecule has 2 amide bonds. The summed E-state index contributed by atoms with van der Waals surface area (Å²) in [6, 6.07) is 1.38. The Balaban J connectivity index is 4.91. The van der Waals surface area contributed by atoms with Crippen LogP contribution in [0.3, 0.4) is 0 Å². The number of aliphatic carboxylic acids is 1. The van der Waals surface area contributed by atoms with Gasteiger partial charge in [-0.15, -0.1) is 0 Å². The number of hydrogen-bond acceptors (Lipinski definition) is 3. The van der Waals surface area contributed by atoms with E-state index >= 15 is 0 Å². The van der Waals surface area contributed by atoms with Crippen molar-refractivity contribution in [1.82, 2.24) is 10.2 Å². The number of carbonyl (C=O) groups excluding carboxylic acids is 1. The SMILES string of the molecule is CC(CC#N)N(C)C(=O)NC(C)(C)C(C)(C)C(=O)O. The van der Waals surface area contributed by atoms with Crippen molar-refractivity contribution in [3.8, 4) is 6.07 Å². The van der Waals surface area contributed by atoms with Gasteiger partial charge in [-0.2, -0.15) is 5.26 Å². The maximum Gasteiger partial charge on any atom is 0.317 e. The fourth-order valence-electron chi connectivity index (χ4n) is 1.25. The minimum absolute atomic E-state index is 0.228. The standard InChI is InChI=1S/C13H23N3O3/c1-9(7-8-14)16(6)11(19)15-13(4,5)12(2,3)10(17)18/h9H,7H2,1-6H3,(H,15,19)(H,17,18). The molecule has 0 aliphatic heterocycles. The van der Waals surface area contributed by atoms with E-state index in [1.807, 2.05) is 6.07 Å². The average molecular weight is 269 g/mol. The fourth-order valence-corrected chi connectivity index (χ4v) is 1.25. The van der Waals surface area contributed by atoms with Gasteiger partial charge >= 0.3 is 12.0 Å². The minimum atomic E-state index is -1.11. The molecule has 2 N–H and O–H groups in total. The molecule has 0 fully saturated rings. The van der Waals surface area contributed by atoms with E-state index < -0.39 is 16.9 Å². The van der Waals surface area contributed by atoms with Crippen LogP contribution in [0.1, 0.15) is 41.0 Å². The molecule has 19 heavy (non-hydrogen) atoms. The van der Waals surface area contributed by atoms with Crippen LogP contribution >= 0.6 is 0 Å². The molecule has 0 rings (SSSR count). The molecule has 0 saturated heterocycles. The molecule has 108 valence electrons. The Bertz CT molecular complexity index is 396. The number of carboxylic acid groups (broad SMARTS) is 1. The van der Waals surface area contributed by atoms with Gasteiger partial charge in [0.05, 0.1) is 23.4 Å². The number of nitriles is 1. The summed E-state index contributed by atoms with van der Waals surface area (Å²) in [6.45, 7) is 8.23. The highest BCUT2D eigenvalue weighted by molar-refractivity contribution is 5.79. The minimum Gasteiger partial charge on any atom is -0.481 e. The van der Waals surface area contributed by atoms with E-state index in [9.17, 15) is 14.7 Å². The second-order valence-electron chi connectivity index (χ2n) is 5.81. The molecule has 0 heterocycles. The predicted octanol–water partition coefficient (Wildman–Crippen LogP) is 1.82. The van der Waals surface area contributed by atoms with Gasteiger partial charge in [0.1, 0.15) is 0 Å². The molecule has 0 aromatic heterocycles. The highest BCUT2D eigenvalue weighted by atomic mass is 16.4. The van der Waals surface area contributed by atoms with Gasteiger partial charge in [0.25, 0.3) is 0 Å². The van der Waals surface area contributed by atoms with E-state index in [-0.39, 0.29) is 18.5 Å². The van der Waals surface area contributed by atoms with Crippen LogP contribution in [0.15, 0.2) is 0 Å². The summed E-state index contributed by atoms with van der Waals surface area (Å²) >= 11 is 0. The van der Waals surface area contributed by atoms with Gasteiger partial charge < -0.3 is 15.3 Å². The third-order valence-corrected chi connectivity index (χ3v) is 3.88. The first-order chi connectivity index (χ1) is 8.47. The van der Waals surface area contributed by atoms with Crippen LogP contribution in [0.2, 0.25) is 0 Å². The lowest BCUT2D eigenvalue weighted by Gasteiger charge is -2.40. The maximum absolute atomic E-state index is 12.1. The molecular weight excluding hydrogens is 246 g/mol. The van der Waals surface area contributed by atoms with E-state index in [2.05, 4.69) is 5.32 Å². The normalized spacial score (nSPS) is 13.3. The molecule has 0 aliphatic carbocycles. The zero-order chi connectivity index (χ0) is 15.4. The molecule has 6 nitrogen and oxygen atoms in total. The summed E-state index contributed by atoms with van der Waals surface area (Å²) in [5.74, 6) is -0.981. The number of nitrogens with zero attached hydrogens (tertiary/aromatic N) is 2. The number of carbonyl (C=O) groups is 2. The monoisotopic (exact) mass is 269 g/mol. The van der Waals surface area contributed by atoms with Gasteiger partial charge in [0.15, 0.2) is 0 Å². The Morgan fingerprint density at radius 3 is 2.21 bits per heavy atom. The molecule has 0 radical (unpaired) electrons. The smallest absolute Gasteiger partial charge is 0.317 e.